The van der Waals surface area contributed by atoms with Crippen molar-refractivity contribution in [2.45, 2.75) is 46.5 Å². The lowest BCUT2D eigenvalue weighted by Crippen LogP contribution is -2.24. The van der Waals surface area contributed by atoms with E-state index in [0.717, 1.165) is 5.56 Å². The van der Waals surface area contributed by atoms with Crippen molar-refractivity contribution in [2.75, 3.05) is 0 Å². The summed E-state index contributed by atoms with van der Waals surface area (Å²) in [5.41, 5.74) is 1.11. The number of thiophene rings is 1. The Kier molecular flexibility index (Phi) is 3.72. The summed E-state index contributed by atoms with van der Waals surface area (Å²) in [5, 5.41) is 5.74. The lowest BCUT2D eigenvalue weighted by atomic mass is 9.96. The average Bonchev–Trinajstić information content (AvgIpc) is 3.24. The summed E-state index contributed by atoms with van der Waals surface area (Å²) in [6, 6.07) is 17.7. The Morgan fingerprint density at radius 3 is 2.90 bits per heavy atom. The summed E-state index contributed by atoms with van der Waals surface area (Å²) in [6.07, 6.45) is 3.77. The molecule has 4 rings (SSSR count). The van der Waals surface area contributed by atoms with E-state index in [1.165, 1.54) is 28.4 Å². The van der Waals surface area contributed by atoms with Gasteiger partial charge in [-0.05, 0) is 36.4 Å². The monoisotopic (exact) mass is 313 g/mol. The fourth-order valence-electron chi connectivity index (χ4n) is 3.17. The molecule has 2 nitrogen and oxygen atoms in total. The molecule has 0 spiro atoms. The second-order valence-electron chi connectivity index (χ2n) is 5.62. The SMILES string of the molecule is C(#[N+][C@@H]1C[C@H]2CC[C@@H]1N2)c1ccccc1Sc1cccs1. The minimum atomic E-state index is 0.420. The van der Waals surface area contributed by atoms with Crippen molar-refractivity contribution in [3.8, 4) is 6.07 Å². The van der Waals surface area contributed by atoms with Gasteiger partial charge in [0.25, 0.3) is 6.04 Å². The molecule has 3 heterocycles. The minimum absolute atomic E-state index is 0.420. The van der Waals surface area contributed by atoms with Gasteiger partial charge in [-0.2, -0.15) is 0 Å². The fraction of sp³-hybridized carbons (Fsp3) is 0.353. The molecule has 21 heavy (non-hydrogen) atoms. The molecular weight excluding hydrogens is 296 g/mol. The third kappa shape index (κ3) is 2.87. The van der Waals surface area contributed by atoms with E-state index in [4.69, 9.17) is 4.85 Å². The van der Waals surface area contributed by atoms with Crippen LogP contribution in [0.3, 0.4) is 0 Å². The van der Waals surface area contributed by atoms with Crippen LogP contribution in [0.25, 0.3) is 4.85 Å². The van der Waals surface area contributed by atoms with Crippen LogP contribution in [0.1, 0.15) is 24.8 Å². The average molecular weight is 313 g/mol. The largest absolute Gasteiger partial charge is 0.312 e. The zero-order chi connectivity index (χ0) is 14.1. The molecule has 1 aromatic heterocycles. The third-order valence-electron chi connectivity index (χ3n) is 4.21. The topological polar surface area (TPSA) is 16.4 Å². The predicted octanol–water partition coefficient (Wildman–Crippen LogP) is 4.47. The second-order valence-corrected chi connectivity index (χ2v) is 7.91. The van der Waals surface area contributed by atoms with Gasteiger partial charge in [0, 0.05) is 17.4 Å². The van der Waals surface area contributed by atoms with Gasteiger partial charge in [0.15, 0.2) is 0 Å². The second kappa shape index (κ2) is 5.84. The molecule has 0 radical (unpaired) electrons. The summed E-state index contributed by atoms with van der Waals surface area (Å²) in [5.74, 6) is 0. The lowest BCUT2D eigenvalue weighted by molar-refractivity contribution is 0.549. The number of nitrogens with zero attached hydrogens (tertiary/aromatic N) is 1. The smallest absolute Gasteiger partial charge is 0.304 e. The Labute approximate surface area is 133 Å². The molecule has 2 aliphatic rings. The van der Waals surface area contributed by atoms with Gasteiger partial charge in [-0.25, -0.2) is 0 Å². The van der Waals surface area contributed by atoms with Crippen molar-refractivity contribution in [3.05, 3.63) is 52.2 Å². The molecule has 3 atom stereocenters. The zero-order valence-corrected chi connectivity index (χ0v) is 13.3. The summed E-state index contributed by atoms with van der Waals surface area (Å²) >= 11 is 3.57. The maximum Gasteiger partial charge on any atom is 0.312 e. The fourth-order valence-corrected chi connectivity index (χ4v) is 4.98. The number of fused-ring (bicyclic) bond motifs is 2. The lowest BCUT2D eigenvalue weighted by Gasteiger charge is -2.04. The minimum Gasteiger partial charge on any atom is -0.304 e. The van der Waals surface area contributed by atoms with Crippen molar-refractivity contribution >= 4 is 23.1 Å². The molecule has 4 heteroatoms. The van der Waals surface area contributed by atoms with E-state index in [0.29, 0.717) is 18.1 Å². The van der Waals surface area contributed by atoms with Gasteiger partial charge in [-0.3, -0.25) is 0 Å². The number of nitrogens with one attached hydrogen (secondary N) is 1. The van der Waals surface area contributed by atoms with Crippen LogP contribution >= 0.6 is 23.1 Å². The molecule has 2 fully saturated rings. The first-order chi connectivity index (χ1) is 10.4. The highest BCUT2D eigenvalue weighted by atomic mass is 32.2. The molecule has 0 unspecified atom stereocenters. The van der Waals surface area contributed by atoms with Crippen molar-refractivity contribution in [1.82, 2.24) is 5.32 Å². The normalized spacial score (nSPS) is 26.6. The van der Waals surface area contributed by atoms with E-state index in [1.54, 1.807) is 23.1 Å². The van der Waals surface area contributed by atoms with E-state index in [9.17, 15) is 0 Å². The molecule has 1 N–H and O–H groups in total. The number of rotatable bonds is 2. The zero-order valence-electron chi connectivity index (χ0n) is 11.7. The van der Waals surface area contributed by atoms with Crippen LogP contribution in [0, 0.1) is 6.07 Å². The Hall–Kier alpha value is -1.28. The van der Waals surface area contributed by atoms with E-state index >= 15 is 0 Å². The van der Waals surface area contributed by atoms with Crippen molar-refractivity contribution in [2.24, 2.45) is 0 Å². The molecule has 1 aromatic carbocycles. The van der Waals surface area contributed by atoms with Crippen LogP contribution in [0.2, 0.25) is 0 Å². The van der Waals surface area contributed by atoms with E-state index in [2.05, 4.69) is 53.2 Å². The maximum absolute atomic E-state index is 4.74. The Balaban J connectivity index is 1.55. The molecule has 0 saturated carbocycles. The molecule has 2 saturated heterocycles. The standard InChI is InChI=1S/C17H17N2S2/c1-2-5-16(21-17-6-3-9-20-17)12(4-1)11-18-15-10-13-7-8-14(15)19-13/h1-6,9,13-15,19H,7-8,10H2/q+1/t13-,14+,15-/m1/s1. The van der Waals surface area contributed by atoms with E-state index in [1.807, 2.05) is 0 Å². The van der Waals surface area contributed by atoms with Crippen LogP contribution < -0.4 is 5.32 Å². The molecule has 0 amide bonds. The number of hydrogen-bond donors (Lipinski definition) is 1. The first-order valence-corrected chi connectivity index (χ1v) is 9.10. The van der Waals surface area contributed by atoms with Crippen molar-refractivity contribution in [3.63, 3.8) is 0 Å². The molecule has 0 aliphatic carbocycles. The van der Waals surface area contributed by atoms with Gasteiger partial charge in [0.1, 0.15) is 5.56 Å². The molecule has 2 bridgehead atoms. The van der Waals surface area contributed by atoms with Crippen LogP contribution in [0.15, 0.2) is 50.9 Å². The van der Waals surface area contributed by atoms with Crippen molar-refractivity contribution < 1.29 is 0 Å². The van der Waals surface area contributed by atoms with Gasteiger partial charge < -0.3 is 5.32 Å². The maximum atomic E-state index is 4.74. The van der Waals surface area contributed by atoms with Crippen LogP contribution in [-0.2, 0) is 0 Å². The highest BCUT2D eigenvalue weighted by Crippen LogP contribution is 2.34. The van der Waals surface area contributed by atoms with Gasteiger partial charge in [0.2, 0.25) is 0 Å². The molecule has 2 aliphatic heterocycles. The first kappa shape index (κ1) is 13.4. The van der Waals surface area contributed by atoms with Crippen molar-refractivity contribution in [1.29, 1.82) is 0 Å². The number of benzene rings is 1. The van der Waals surface area contributed by atoms with Crippen LogP contribution in [0.4, 0.5) is 0 Å². The first-order valence-electron chi connectivity index (χ1n) is 7.41. The molecule has 106 valence electrons. The summed E-state index contributed by atoms with van der Waals surface area (Å²) in [4.78, 5) is 5.98. The van der Waals surface area contributed by atoms with E-state index in [-0.39, 0.29) is 0 Å². The van der Waals surface area contributed by atoms with Crippen LogP contribution in [-0.4, -0.2) is 18.1 Å². The Bertz CT molecular complexity index is 684. The third-order valence-corrected chi connectivity index (χ3v) is 6.32. The van der Waals surface area contributed by atoms with Gasteiger partial charge in [-0.1, -0.05) is 34.8 Å². The summed E-state index contributed by atoms with van der Waals surface area (Å²) in [7, 11) is 0. The Morgan fingerprint density at radius 1 is 1.19 bits per heavy atom. The summed E-state index contributed by atoms with van der Waals surface area (Å²) in [6.45, 7) is 0. The molecule has 2 aromatic rings. The number of hydrogen-bond acceptors (Lipinski definition) is 3. The van der Waals surface area contributed by atoms with E-state index < -0.39 is 0 Å². The van der Waals surface area contributed by atoms with Gasteiger partial charge in [-0.15, -0.1) is 11.3 Å². The quantitative estimate of drug-likeness (QED) is 0.880. The highest BCUT2D eigenvalue weighted by molar-refractivity contribution is 8.01. The Morgan fingerprint density at radius 2 is 2.14 bits per heavy atom. The molecular formula is C17H17N2S2+. The van der Waals surface area contributed by atoms with Gasteiger partial charge in [0.05, 0.1) is 10.3 Å². The van der Waals surface area contributed by atoms with Crippen LogP contribution in [0.5, 0.6) is 0 Å². The summed E-state index contributed by atoms with van der Waals surface area (Å²) < 4.78 is 1.31. The highest BCUT2D eigenvalue weighted by Gasteiger charge is 2.45. The van der Waals surface area contributed by atoms with Gasteiger partial charge >= 0.3 is 6.07 Å². The predicted molar refractivity (Wildman–Crippen MR) is 89.6 cm³/mol.